The largest absolute Gasteiger partial charge is 0.507 e. The van der Waals surface area contributed by atoms with E-state index in [0.717, 1.165) is 23.9 Å². The minimum Gasteiger partial charge on any atom is -0.507 e. The normalized spacial score (nSPS) is 14.9. The van der Waals surface area contributed by atoms with Crippen molar-refractivity contribution >= 4 is 23.0 Å². The van der Waals surface area contributed by atoms with E-state index >= 15 is 0 Å². The highest BCUT2D eigenvalue weighted by Gasteiger charge is 2.27. The van der Waals surface area contributed by atoms with E-state index in [1.807, 2.05) is 24.3 Å². The number of nitrogens with zero attached hydrogens (tertiary/aromatic N) is 2. The van der Waals surface area contributed by atoms with Crippen LogP contribution in [0, 0.1) is 0 Å². The number of amides is 1. The number of hydrogen-bond donors (Lipinski definition) is 1. The summed E-state index contributed by atoms with van der Waals surface area (Å²) in [5, 5.41) is 9.67. The van der Waals surface area contributed by atoms with Gasteiger partial charge in [-0.25, -0.2) is 9.78 Å². The Balaban J connectivity index is 1.30. The summed E-state index contributed by atoms with van der Waals surface area (Å²) in [5.41, 5.74) is 1.66. The molecule has 0 unspecified atom stereocenters. The van der Waals surface area contributed by atoms with E-state index in [1.54, 1.807) is 17.0 Å². The number of rotatable bonds is 4. The molecule has 7 heteroatoms. The first-order chi connectivity index (χ1) is 13.6. The topological polar surface area (TPSA) is 92.9 Å². The molecular formula is C21H20N2O5. The van der Waals surface area contributed by atoms with Crippen molar-refractivity contribution in [1.82, 2.24) is 9.88 Å². The van der Waals surface area contributed by atoms with Crippen LogP contribution < -0.4 is 0 Å². The fourth-order valence-corrected chi connectivity index (χ4v) is 3.38. The molecule has 1 aromatic heterocycles. The van der Waals surface area contributed by atoms with Gasteiger partial charge >= 0.3 is 5.97 Å². The van der Waals surface area contributed by atoms with E-state index in [9.17, 15) is 14.7 Å². The van der Waals surface area contributed by atoms with Crippen LogP contribution in [0.2, 0.25) is 0 Å². The predicted octanol–water partition coefficient (Wildman–Crippen LogP) is 3.10. The van der Waals surface area contributed by atoms with Gasteiger partial charge in [-0.3, -0.25) is 4.79 Å². The Hall–Kier alpha value is -3.35. The average molecular weight is 380 g/mol. The Morgan fingerprint density at radius 2 is 1.82 bits per heavy atom. The molecule has 0 bridgehead atoms. The van der Waals surface area contributed by atoms with Crippen LogP contribution in [0.1, 0.15) is 35.0 Å². The lowest BCUT2D eigenvalue weighted by Crippen LogP contribution is -2.40. The maximum Gasteiger partial charge on any atom is 0.342 e. The third-order valence-corrected chi connectivity index (χ3v) is 4.96. The molecule has 2 aromatic carbocycles. The zero-order chi connectivity index (χ0) is 19.5. The molecule has 1 amide bonds. The predicted molar refractivity (Wildman–Crippen MR) is 101 cm³/mol. The van der Waals surface area contributed by atoms with Gasteiger partial charge in [-0.2, -0.15) is 0 Å². The van der Waals surface area contributed by atoms with Gasteiger partial charge < -0.3 is 19.2 Å². The van der Waals surface area contributed by atoms with Crippen molar-refractivity contribution in [2.24, 2.45) is 0 Å². The molecule has 1 N–H and O–H groups in total. The molecule has 0 spiro atoms. The summed E-state index contributed by atoms with van der Waals surface area (Å²) in [6, 6.07) is 13.7. The third-order valence-electron chi connectivity index (χ3n) is 4.96. The van der Waals surface area contributed by atoms with E-state index in [-0.39, 0.29) is 29.7 Å². The number of ether oxygens (including phenoxy) is 1. The second kappa shape index (κ2) is 7.72. The Bertz CT molecular complexity index is 972. The molecule has 0 aliphatic carbocycles. The van der Waals surface area contributed by atoms with E-state index < -0.39 is 5.97 Å². The molecule has 1 saturated heterocycles. The number of oxazole rings is 1. The fraction of sp³-hybridized carbons (Fsp3) is 0.286. The second-order valence-corrected chi connectivity index (χ2v) is 6.77. The molecular weight excluding hydrogens is 360 g/mol. The number of carbonyl (C=O) groups is 2. The number of esters is 1. The van der Waals surface area contributed by atoms with E-state index in [2.05, 4.69) is 4.98 Å². The van der Waals surface area contributed by atoms with Gasteiger partial charge in [0.25, 0.3) is 5.91 Å². The first kappa shape index (κ1) is 18.0. The molecule has 28 heavy (non-hydrogen) atoms. The van der Waals surface area contributed by atoms with E-state index in [0.29, 0.717) is 19.0 Å². The van der Waals surface area contributed by atoms with Gasteiger partial charge in [-0.05, 0) is 37.1 Å². The number of piperidine rings is 1. The maximum absolute atomic E-state index is 12.3. The Morgan fingerprint density at radius 1 is 1.11 bits per heavy atom. The molecule has 144 valence electrons. The average Bonchev–Trinajstić information content (AvgIpc) is 3.16. The van der Waals surface area contributed by atoms with Crippen molar-refractivity contribution in [3.8, 4) is 5.75 Å². The third kappa shape index (κ3) is 3.69. The van der Waals surface area contributed by atoms with Crippen molar-refractivity contribution in [3.05, 3.63) is 60.0 Å². The molecule has 1 aliphatic heterocycles. The van der Waals surface area contributed by atoms with E-state index in [4.69, 9.17) is 9.15 Å². The zero-order valence-electron chi connectivity index (χ0n) is 15.2. The number of hydrogen-bond acceptors (Lipinski definition) is 6. The molecule has 1 aliphatic rings. The van der Waals surface area contributed by atoms with E-state index in [1.165, 1.54) is 12.1 Å². The lowest BCUT2D eigenvalue weighted by Gasteiger charge is -2.30. The van der Waals surface area contributed by atoms with Crippen molar-refractivity contribution < 1.29 is 23.8 Å². The van der Waals surface area contributed by atoms with Gasteiger partial charge in [-0.15, -0.1) is 0 Å². The second-order valence-electron chi connectivity index (χ2n) is 6.77. The molecule has 2 heterocycles. The van der Waals surface area contributed by atoms with Crippen LogP contribution in [0.5, 0.6) is 5.75 Å². The van der Waals surface area contributed by atoms with Crippen LogP contribution in [-0.4, -0.2) is 46.6 Å². The van der Waals surface area contributed by atoms with Gasteiger partial charge in [0.2, 0.25) is 0 Å². The highest BCUT2D eigenvalue weighted by molar-refractivity contribution is 5.93. The summed E-state index contributed by atoms with van der Waals surface area (Å²) < 4.78 is 10.9. The number of phenols is 1. The maximum atomic E-state index is 12.3. The molecule has 0 radical (unpaired) electrons. The number of benzene rings is 2. The summed E-state index contributed by atoms with van der Waals surface area (Å²) >= 11 is 0. The number of para-hydroxylation sites is 3. The molecule has 0 saturated carbocycles. The smallest absolute Gasteiger partial charge is 0.342 e. The number of fused-ring (bicyclic) bond motifs is 1. The van der Waals surface area contributed by atoms with Gasteiger partial charge in [0, 0.05) is 19.0 Å². The lowest BCUT2D eigenvalue weighted by atomic mass is 9.97. The van der Waals surface area contributed by atoms with Crippen LogP contribution >= 0.6 is 0 Å². The monoisotopic (exact) mass is 380 g/mol. The Labute approximate surface area is 161 Å². The van der Waals surface area contributed by atoms with Gasteiger partial charge in [-0.1, -0.05) is 24.3 Å². The molecule has 7 nitrogen and oxygen atoms in total. The first-order valence-electron chi connectivity index (χ1n) is 9.20. The Morgan fingerprint density at radius 3 is 2.57 bits per heavy atom. The standard InChI is InChI=1S/C21H20N2O5/c24-17-7-3-1-5-15(17)21(26)27-13-19(25)23-11-9-14(10-12-23)20-22-16-6-2-4-8-18(16)28-20/h1-8,14,24H,9-13H2. The quantitative estimate of drug-likeness (QED) is 0.699. The lowest BCUT2D eigenvalue weighted by molar-refractivity contribution is -0.135. The number of aromatic nitrogens is 1. The summed E-state index contributed by atoms with van der Waals surface area (Å²) in [7, 11) is 0. The molecule has 0 atom stereocenters. The first-order valence-corrected chi connectivity index (χ1v) is 9.20. The van der Waals surface area contributed by atoms with Crippen molar-refractivity contribution in [2.75, 3.05) is 19.7 Å². The summed E-state index contributed by atoms with van der Waals surface area (Å²) in [5.74, 6) is -0.258. The fourth-order valence-electron chi connectivity index (χ4n) is 3.38. The SMILES string of the molecule is O=C(OCC(=O)N1CCC(c2nc3ccccc3o2)CC1)c1ccccc1O. The summed E-state index contributed by atoms with van der Waals surface area (Å²) in [4.78, 5) is 30.6. The number of carbonyl (C=O) groups excluding carboxylic acids is 2. The summed E-state index contributed by atoms with van der Waals surface area (Å²) in [6.45, 7) is 0.757. The minimum absolute atomic E-state index is 0.0463. The Kier molecular flexibility index (Phi) is 4.97. The van der Waals surface area contributed by atoms with Gasteiger partial charge in [0.15, 0.2) is 18.1 Å². The van der Waals surface area contributed by atoms with Gasteiger partial charge in [0.1, 0.15) is 16.8 Å². The van der Waals surface area contributed by atoms with Gasteiger partial charge in [0.05, 0.1) is 0 Å². The number of phenolic OH excluding ortho intramolecular Hbond substituents is 1. The zero-order valence-corrected chi connectivity index (χ0v) is 15.2. The highest BCUT2D eigenvalue weighted by Crippen LogP contribution is 2.30. The number of aromatic hydroxyl groups is 1. The van der Waals surface area contributed by atoms with Crippen molar-refractivity contribution in [1.29, 1.82) is 0 Å². The van der Waals surface area contributed by atoms with Crippen LogP contribution in [0.3, 0.4) is 0 Å². The molecule has 3 aromatic rings. The van der Waals surface area contributed by atoms with Crippen molar-refractivity contribution in [2.45, 2.75) is 18.8 Å². The van der Waals surface area contributed by atoms with Crippen LogP contribution in [0.25, 0.3) is 11.1 Å². The molecule has 1 fully saturated rings. The molecule has 4 rings (SSSR count). The minimum atomic E-state index is -0.715. The highest BCUT2D eigenvalue weighted by atomic mass is 16.5. The van der Waals surface area contributed by atoms with Crippen LogP contribution in [0.15, 0.2) is 52.9 Å². The summed E-state index contributed by atoms with van der Waals surface area (Å²) in [6.07, 6.45) is 1.48. The van der Waals surface area contributed by atoms with Crippen LogP contribution in [-0.2, 0) is 9.53 Å². The van der Waals surface area contributed by atoms with Crippen molar-refractivity contribution in [3.63, 3.8) is 0 Å². The number of likely N-dealkylation sites (tertiary alicyclic amines) is 1. The van der Waals surface area contributed by atoms with Crippen LogP contribution in [0.4, 0.5) is 0 Å².